The molecule has 5 nitrogen and oxygen atoms in total. The Morgan fingerprint density at radius 3 is 2.62 bits per heavy atom. The van der Waals surface area contributed by atoms with Crippen molar-refractivity contribution >= 4 is 52.6 Å². The van der Waals surface area contributed by atoms with E-state index >= 15 is 0 Å². The standard InChI is InChI=1S/C18H15ClNO4PS/c19-13-6-7-16-14(10-13)15(11-26-16)17(25(22,23)24)18(21)20-9-8-12-4-2-1-3-5-12/h1-11,17H,(H,20,21)(H2,22,23,24). The summed E-state index contributed by atoms with van der Waals surface area (Å²) in [6, 6.07) is 14.3. The minimum absolute atomic E-state index is 0.270. The maximum atomic E-state index is 12.5. The third-order valence-corrected chi connectivity index (χ3v) is 6.15. The Morgan fingerprint density at radius 2 is 1.92 bits per heavy atom. The molecule has 1 amide bonds. The van der Waals surface area contributed by atoms with E-state index in [0.29, 0.717) is 10.4 Å². The summed E-state index contributed by atoms with van der Waals surface area (Å²) in [5.41, 5.74) is -0.477. The van der Waals surface area contributed by atoms with Crippen LogP contribution in [0.2, 0.25) is 5.02 Å². The van der Waals surface area contributed by atoms with Crippen LogP contribution in [0.25, 0.3) is 16.2 Å². The molecule has 0 bridgehead atoms. The number of benzene rings is 2. The first-order chi connectivity index (χ1) is 12.4. The van der Waals surface area contributed by atoms with Crippen LogP contribution in [0, 0.1) is 0 Å². The Bertz CT molecular complexity index is 1010. The number of hydrogen-bond acceptors (Lipinski definition) is 3. The fraction of sp³-hybridized carbons (Fsp3) is 0.0556. The molecule has 0 aliphatic carbocycles. The van der Waals surface area contributed by atoms with Crippen molar-refractivity contribution in [3.8, 4) is 0 Å². The summed E-state index contributed by atoms with van der Waals surface area (Å²) in [6.07, 6.45) is 3.03. The molecule has 134 valence electrons. The Kier molecular flexibility index (Phi) is 5.61. The number of nitrogens with one attached hydrogen (secondary N) is 1. The van der Waals surface area contributed by atoms with Gasteiger partial charge in [0.05, 0.1) is 0 Å². The molecule has 26 heavy (non-hydrogen) atoms. The normalized spacial score (nSPS) is 13.2. The highest BCUT2D eigenvalue weighted by Crippen LogP contribution is 2.54. The number of thiophene rings is 1. The van der Waals surface area contributed by atoms with Crippen molar-refractivity contribution in [1.82, 2.24) is 5.32 Å². The fourth-order valence-electron chi connectivity index (χ4n) is 2.57. The van der Waals surface area contributed by atoms with E-state index in [9.17, 15) is 19.1 Å². The monoisotopic (exact) mass is 407 g/mol. The molecule has 0 saturated heterocycles. The van der Waals surface area contributed by atoms with Crippen molar-refractivity contribution in [3.05, 3.63) is 76.3 Å². The molecule has 1 aromatic heterocycles. The van der Waals surface area contributed by atoms with Gasteiger partial charge in [-0.25, -0.2) is 0 Å². The summed E-state index contributed by atoms with van der Waals surface area (Å²) in [5, 5.41) is 5.06. The number of carbonyl (C=O) groups is 1. The van der Waals surface area contributed by atoms with Gasteiger partial charge in [0.15, 0.2) is 5.66 Å². The van der Waals surface area contributed by atoms with Gasteiger partial charge < -0.3 is 15.1 Å². The largest absolute Gasteiger partial charge is 0.342 e. The number of rotatable bonds is 5. The quantitative estimate of drug-likeness (QED) is 0.541. The van der Waals surface area contributed by atoms with E-state index in [0.717, 1.165) is 10.3 Å². The van der Waals surface area contributed by atoms with Gasteiger partial charge in [0.2, 0.25) is 5.91 Å². The van der Waals surface area contributed by atoms with Crippen molar-refractivity contribution in [2.24, 2.45) is 0 Å². The van der Waals surface area contributed by atoms with E-state index in [1.807, 2.05) is 30.3 Å². The summed E-state index contributed by atoms with van der Waals surface area (Å²) in [6.45, 7) is 0. The van der Waals surface area contributed by atoms with Crippen LogP contribution in [0.1, 0.15) is 16.8 Å². The third kappa shape index (κ3) is 4.23. The van der Waals surface area contributed by atoms with Crippen LogP contribution in [0.3, 0.4) is 0 Å². The number of carbonyl (C=O) groups excluding carboxylic acids is 1. The molecule has 1 atom stereocenters. The van der Waals surface area contributed by atoms with E-state index in [1.165, 1.54) is 17.5 Å². The van der Waals surface area contributed by atoms with Crippen LogP contribution in [-0.2, 0) is 9.36 Å². The van der Waals surface area contributed by atoms with Crippen LogP contribution < -0.4 is 5.32 Å². The molecule has 0 radical (unpaired) electrons. The zero-order chi connectivity index (χ0) is 18.7. The first kappa shape index (κ1) is 18.8. The van der Waals surface area contributed by atoms with Gasteiger partial charge in [-0.15, -0.1) is 11.3 Å². The van der Waals surface area contributed by atoms with Gasteiger partial charge >= 0.3 is 7.60 Å². The molecule has 0 aliphatic heterocycles. The lowest BCUT2D eigenvalue weighted by Gasteiger charge is -2.16. The Labute approximate surface area is 159 Å². The van der Waals surface area contributed by atoms with E-state index < -0.39 is 19.2 Å². The Morgan fingerprint density at radius 1 is 1.19 bits per heavy atom. The van der Waals surface area contributed by atoms with Crippen molar-refractivity contribution in [3.63, 3.8) is 0 Å². The Hall–Kier alpha value is -1.95. The highest BCUT2D eigenvalue weighted by molar-refractivity contribution is 7.53. The van der Waals surface area contributed by atoms with Crippen LogP contribution in [0.4, 0.5) is 0 Å². The molecule has 3 aromatic rings. The van der Waals surface area contributed by atoms with Gasteiger partial charge in [-0.1, -0.05) is 41.9 Å². The van der Waals surface area contributed by atoms with Gasteiger partial charge in [0.25, 0.3) is 0 Å². The predicted molar refractivity (Wildman–Crippen MR) is 105 cm³/mol. The van der Waals surface area contributed by atoms with Gasteiger partial charge in [0.1, 0.15) is 0 Å². The van der Waals surface area contributed by atoms with Gasteiger partial charge in [-0.3, -0.25) is 9.36 Å². The van der Waals surface area contributed by atoms with E-state index in [1.54, 1.807) is 29.7 Å². The van der Waals surface area contributed by atoms with Crippen LogP contribution in [0.5, 0.6) is 0 Å². The number of amides is 1. The SMILES string of the molecule is O=C(NC=Cc1ccccc1)C(c1csc2ccc(Cl)cc12)P(=O)(O)O. The molecule has 3 rings (SSSR count). The lowest BCUT2D eigenvalue weighted by Crippen LogP contribution is -2.25. The van der Waals surface area contributed by atoms with Crippen molar-refractivity contribution < 1.29 is 19.1 Å². The zero-order valence-electron chi connectivity index (χ0n) is 13.4. The molecule has 0 saturated carbocycles. The number of halogens is 1. The van der Waals surface area contributed by atoms with E-state index in [4.69, 9.17) is 11.6 Å². The smallest absolute Gasteiger partial charge is 0.332 e. The van der Waals surface area contributed by atoms with Gasteiger partial charge in [-0.05, 0) is 46.2 Å². The van der Waals surface area contributed by atoms with Crippen LogP contribution >= 0.6 is 30.5 Å². The first-order valence-corrected chi connectivity index (χ1v) is 10.5. The molecular weight excluding hydrogens is 393 g/mol. The Balaban J connectivity index is 1.91. The van der Waals surface area contributed by atoms with Gasteiger partial charge in [0, 0.05) is 15.9 Å². The van der Waals surface area contributed by atoms with Crippen LogP contribution in [-0.4, -0.2) is 15.7 Å². The lowest BCUT2D eigenvalue weighted by molar-refractivity contribution is -0.120. The molecule has 1 heterocycles. The molecule has 0 aliphatic rings. The second-order valence-corrected chi connectivity index (χ2v) is 8.62. The van der Waals surface area contributed by atoms with Gasteiger partial charge in [-0.2, -0.15) is 0 Å². The predicted octanol–water partition coefficient (Wildman–Crippen LogP) is 4.56. The summed E-state index contributed by atoms with van der Waals surface area (Å²) in [7, 11) is -4.73. The maximum absolute atomic E-state index is 12.5. The van der Waals surface area contributed by atoms with Crippen LogP contribution in [0.15, 0.2) is 60.1 Å². The fourth-order valence-corrected chi connectivity index (χ4v) is 4.77. The second-order valence-electron chi connectivity index (χ2n) is 5.58. The number of fused-ring (bicyclic) bond motifs is 1. The minimum Gasteiger partial charge on any atom is -0.332 e. The topological polar surface area (TPSA) is 86.6 Å². The molecule has 0 fully saturated rings. The van der Waals surface area contributed by atoms with Crippen molar-refractivity contribution in [2.45, 2.75) is 5.66 Å². The summed E-state index contributed by atoms with van der Waals surface area (Å²) in [4.78, 5) is 32.0. The molecule has 3 N–H and O–H groups in total. The number of hydrogen-bond donors (Lipinski definition) is 3. The second kappa shape index (κ2) is 7.74. The zero-order valence-corrected chi connectivity index (χ0v) is 15.8. The summed E-state index contributed by atoms with van der Waals surface area (Å²) in [5.74, 6) is -0.773. The molecule has 1 unspecified atom stereocenters. The first-order valence-electron chi connectivity index (χ1n) is 7.60. The average Bonchev–Trinajstić information content (AvgIpc) is 2.97. The molecule has 0 spiro atoms. The summed E-state index contributed by atoms with van der Waals surface area (Å²) < 4.78 is 12.8. The minimum atomic E-state index is -4.73. The highest BCUT2D eigenvalue weighted by Gasteiger charge is 2.38. The van der Waals surface area contributed by atoms with Crippen molar-refractivity contribution in [1.29, 1.82) is 0 Å². The maximum Gasteiger partial charge on any atom is 0.342 e. The molecule has 8 heteroatoms. The highest BCUT2D eigenvalue weighted by atomic mass is 35.5. The van der Waals surface area contributed by atoms with E-state index in [-0.39, 0.29) is 5.56 Å². The lowest BCUT2D eigenvalue weighted by atomic mass is 10.1. The van der Waals surface area contributed by atoms with Crippen molar-refractivity contribution in [2.75, 3.05) is 0 Å². The molecular formula is C18H15ClNO4PS. The average molecular weight is 408 g/mol. The summed E-state index contributed by atoms with van der Waals surface area (Å²) >= 11 is 7.30. The van der Waals surface area contributed by atoms with E-state index in [2.05, 4.69) is 5.32 Å². The third-order valence-electron chi connectivity index (χ3n) is 3.75. The molecule has 2 aromatic carbocycles.